The highest BCUT2D eigenvalue weighted by molar-refractivity contribution is 5.94. The molecule has 0 N–H and O–H groups in total. The molecule has 0 spiro atoms. The number of carbonyl (C=O) groups excluding carboxylic acids is 2. The van der Waals surface area contributed by atoms with Gasteiger partial charge in [-0.15, -0.1) is 0 Å². The summed E-state index contributed by atoms with van der Waals surface area (Å²) in [5.41, 5.74) is 1.73. The maximum Gasteiger partial charge on any atom is 0.253 e. The zero-order valence-electron chi connectivity index (χ0n) is 17.1. The quantitative estimate of drug-likeness (QED) is 0.675. The van der Waals surface area contributed by atoms with Gasteiger partial charge in [-0.25, -0.2) is 0 Å². The topological polar surface area (TPSA) is 59.1 Å². The Labute approximate surface area is 172 Å². The van der Waals surface area contributed by atoms with Crippen LogP contribution in [0.5, 0.6) is 11.5 Å². The van der Waals surface area contributed by atoms with Crippen LogP contribution in [0.4, 0.5) is 0 Å². The Bertz CT molecular complexity index is 827. The third-order valence-corrected chi connectivity index (χ3v) is 5.14. The van der Waals surface area contributed by atoms with Crippen molar-refractivity contribution >= 4 is 11.8 Å². The van der Waals surface area contributed by atoms with Gasteiger partial charge >= 0.3 is 0 Å². The number of hydrogen-bond acceptors (Lipinski definition) is 4. The van der Waals surface area contributed by atoms with Crippen molar-refractivity contribution in [2.24, 2.45) is 0 Å². The van der Waals surface area contributed by atoms with E-state index in [4.69, 9.17) is 9.47 Å². The van der Waals surface area contributed by atoms with Gasteiger partial charge in [-0.3, -0.25) is 9.59 Å². The first-order valence-electron chi connectivity index (χ1n) is 9.98. The Kier molecular flexibility index (Phi) is 7.11. The van der Waals surface area contributed by atoms with E-state index in [0.717, 1.165) is 17.1 Å². The second-order valence-electron chi connectivity index (χ2n) is 7.12. The van der Waals surface area contributed by atoms with E-state index in [9.17, 15) is 9.59 Å². The Morgan fingerprint density at radius 2 is 1.59 bits per heavy atom. The molecule has 1 fully saturated rings. The summed E-state index contributed by atoms with van der Waals surface area (Å²) < 4.78 is 10.9. The van der Waals surface area contributed by atoms with Gasteiger partial charge in [0.15, 0.2) is 0 Å². The van der Waals surface area contributed by atoms with Crippen molar-refractivity contribution in [3.63, 3.8) is 0 Å². The van der Waals surface area contributed by atoms with Gasteiger partial charge in [-0.2, -0.15) is 0 Å². The number of para-hydroxylation sites is 1. The van der Waals surface area contributed by atoms with Crippen molar-refractivity contribution in [2.75, 3.05) is 39.9 Å². The zero-order chi connectivity index (χ0) is 20.6. The van der Waals surface area contributed by atoms with Crippen molar-refractivity contribution in [2.45, 2.75) is 19.8 Å². The highest BCUT2D eigenvalue weighted by atomic mass is 16.5. The SMILES string of the molecule is COc1ccc(C(=O)N2CCN(C(=O)CCCOc3ccccc3C)CC2)cc1. The molecule has 1 heterocycles. The van der Waals surface area contributed by atoms with Gasteiger partial charge in [-0.05, 0) is 49.2 Å². The molecular weight excluding hydrogens is 368 g/mol. The molecule has 0 atom stereocenters. The van der Waals surface area contributed by atoms with Gasteiger partial charge in [0.25, 0.3) is 5.91 Å². The second kappa shape index (κ2) is 9.96. The predicted octanol–water partition coefficient (Wildman–Crippen LogP) is 3.15. The Hall–Kier alpha value is -3.02. The lowest BCUT2D eigenvalue weighted by molar-refractivity contribution is -0.132. The first kappa shape index (κ1) is 20.7. The number of piperazine rings is 1. The van der Waals surface area contributed by atoms with Crippen LogP contribution in [0.3, 0.4) is 0 Å². The molecule has 2 aromatic rings. The van der Waals surface area contributed by atoms with Crippen LogP contribution in [0.25, 0.3) is 0 Å². The van der Waals surface area contributed by atoms with Gasteiger partial charge in [0.1, 0.15) is 11.5 Å². The van der Waals surface area contributed by atoms with E-state index in [-0.39, 0.29) is 11.8 Å². The van der Waals surface area contributed by atoms with Crippen molar-refractivity contribution in [3.05, 3.63) is 59.7 Å². The number of amides is 2. The lowest BCUT2D eigenvalue weighted by atomic mass is 10.1. The van der Waals surface area contributed by atoms with Crippen molar-refractivity contribution < 1.29 is 19.1 Å². The summed E-state index contributed by atoms with van der Waals surface area (Å²) in [5, 5.41) is 0. The van der Waals surface area contributed by atoms with Gasteiger partial charge in [0.2, 0.25) is 5.91 Å². The fraction of sp³-hybridized carbons (Fsp3) is 0.391. The lowest BCUT2D eigenvalue weighted by Crippen LogP contribution is -2.50. The number of hydrogen-bond donors (Lipinski definition) is 0. The number of ether oxygens (including phenoxy) is 2. The number of aryl methyl sites for hydroxylation is 1. The maximum absolute atomic E-state index is 12.6. The van der Waals surface area contributed by atoms with Crippen LogP contribution in [-0.4, -0.2) is 61.5 Å². The van der Waals surface area contributed by atoms with E-state index < -0.39 is 0 Å². The zero-order valence-corrected chi connectivity index (χ0v) is 17.1. The minimum Gasteiger partial charge on any atom is -0.497 e. The summed E-state index contributed by atoms with van der Waals surface area (Å²) in [6.07, 6.45) is 1.14. The van der Waals surface area contributed by atoms with Crippen molar-refractivity contribution in [1.29, 1.82) is 0 Å². The van der Waals surface area contributed by atoms with Gasteiger partial charge in [0.05, 0.1) is 13.7 Å². The Morgan fingerprint density at radius 3 is 2.24 bits per heavy atom. The summed E-state index contributed by atoms with van der Waals surface area (Å²) in [5.74, 6) is 1.70. The van der Waals surface area contributed by atoms with E-state index >= 15 is 0 Å². The van der Waals surface area contributed by atoms with Gasteiger partial charge in [0, 0.05) is 38.2 Å². The average Bonchev–Trinajstić information content (AvgIpc) is 2.77. The highest BCUT2D eigenvalue weighted by Crippen LogP contribution is 2.17. The number of rotatable bonds is 7. The molecule has 1 aliphatic rings. The normalized spacial score (nSPS) is 13.9. The average molecular weight is 396 g/mol. The molecule has 0 saturated carbocycles. The third kappa shape index (κ3) is 5.50. The van der Waals surface area contributed by atoms with E-state index in [2.05, 4.69) is 0 Å². The molecule has 3 rings (SSSR count). The summed E-state index contributed by atoms with van der Waals surface area (Å²) >= 11 is 0. The lowest BCUT2D eigenvalue weighted by Gasteiger charge is -2.35. The Morgan fingerprint density at radius 1 is 0.931 bits per heavy atom. The first-order chi connectivity index (χ1) is 14.1. The Balaban J connectivity index is 1.39. The highest BCUT2D eigenvalue weighted by Gasteiger charge is 2.24. The summed E-state index contributed by atoms with van der Waals surface area (Å²) in [7, 11) is 1.60. The molecular formula is C23H28N2O4. The van der Waals surface area contributed by atoms with Crippen LogP contribution >= 0.6 is 0 Å². The molecule has 2 amide bonds. The standard InChI is InChI=1S/C23H28N2O4/c1-18-6-3-4-7-21(18)29-17-5-8-22(26)24-13-15-25(16-14-24)23(27)19-9-11-20(28-2)12-10-19/h3-4,6-7,9-12H,5,8,13-17H2,1-2H3. The summed E-state index contributed by atoms with van der Waals surface area (Å²) in [6.45, 7) is 4.77. The molecule has 6 heteroatoms. The van der Waals surface area contributed by atoms with Gasteiger partial charge < -0.3 is 19.3 Å². The minimum atomic E-state index is -0.00798. The third-order valence-electron chi connectivity index (χ3n) is 5.14. The molecule has 0 aromatic heterocycles. The van der Waals surface area contributed by atoms with Crippen molar-refractivity contribution in [1.82, 2.24) is 9.80 Å². The maximum atomic E-state index is 12.6. The molecule has 6 nitrogen and oxygen atoms in total. The fourth-order valence-corrected chi connectivity index (χ4v) is 3.36. The largest absolute Gasteiger partial charge is 0.497 e. The van der Waals surface area contributed by atoms with Crippen LogP contribution in [0.1, 0.15) is 28.8 Å². The van der Waals surface area contributed by atoms with Crippen LogP contribution in [0.15, 0.2) is 48.5 Å². The van der Waals surface area contributed by atoms with E-state index in [0.29, 0.717) is 51.2 Å². The van der Waals surface area contributed by atoms with E-state index in [1.165, 1.54) is 0 Å². The monoisotopic (exact) mass is 396 g/mol. The van der Waals surface area contributed by atoms with Crippen LogP contribution in [0.2, 0.25) is 0 Å². The molecule has 0 unspecified atom stereocenters. The number of nitrogens with zero attached hydrogens (tertiary/aromatic N) is 2. The van der Waals surface area contributed by atoms with Crippen molar-refractivity contribution in [3.8, 4) is 11.5 Å². The van der Waals surface area contributed by atoms with Gasteiger partial charge in [-0.1, -0.05) is 18.2 Å². The molecule has 1 aliphatic heterocycles. The molecule has 154 valence electrons. The molecule has 2 aromatic carbocycles. The first-order valence-corrected chi connectivity index (χ1v) is 9.98. The number of methoxy groups -OCH3 is 1. The van der Waals surface area contributed by atoms with E-state index in [1.807, 2.05) is 36.1 Å². The minimum absolute atomic E-state index is 0.00798. The summed E-state index contributed by atoms with van der Waals surface area (Å²) in [4.78, 5) is 28.7. The van der Waals surface area contributed by atoms with Crippen LogP contribution in [0, 0.1) is 6.92 Å². The van der Waals surface area contributed by atoms with Crippen LogP contribution < -0.4 is 9.47 Å². The molecule has 0 aliphatic carbocycles. The molecule has 1 saturated heterocycles. The smallest absolute Gasteiger partial charge is 0.253 e. The fourth-order valence-electron chi connectivity index (χ4n) is 3.36. The number of carbonyl (C=O) groups is 2. The second-order valence-corrected chi connectivity index (χ2v) is 7.12. The van der Waals surface area contributed by atoms with E-state index in [1.54, 1.807) is 36.3 Å². The summed E-state index contributed by atoms with van der Waals surface area (Å²) in [6, 6.07) is 15.0. The van der Waals surface area contributed by atoms with Crippen LogP contribution in [-0.2, 0) is 4.79 Å². The molecule has 29 heavy (non-hydrogen) atoms. The molecule has 0 bridgehead atoms. The predicted molar refractivity (Wildman–Crippen MR) is 111 cm³/mol. The number of benzene rings is 2. The molecule has 0 radical (unpaired) electrons.